The van der Waals surface area contributed by atoms with Crippen molar-refractivity contribution in [1.82, 2.24) is 4.98 Å². The second-order valence-corrected chi connectivity index (χ2v) is 5.08. The Morgan fingerprint density at radius 3 is 2.73 bits per heavy atom. The fourth-order valence-electron chi connectivity index (χ4n) is 1.37. The van der Waals surface area contributed by atoms with Gasteiger partial charge in [0.1, 0.15) is 0 Å². The van der Waals surface area contributed by atoms with Crippen LogP contribution in [0.4, 0.5) is 0 Å². The lowest BCUT2D eigenvalue weighted by Crippen LogP contribution is -2.00. The van der Waals surface area contributed by atoms with Crippen LogP contribution in [0.15, 0.2) is 17.2 Å². The lowest BCUT2D eigenvalue weighted by molar-refractivity contribution is 0.294. The summed E-state index contributed by atoms with van der Waals surface area (Å²) in [4.78, 5) is 5.64. The summed E-state index contributed by atoms with van der Waals surface area (Å²) < 4.78 is 5.80. The minimum absolute atomic E-state index is 0.447. The van der Waals surface area contributed by atoms with E-state index in [0.717, 1.165) is 11.4 Å². The zero-order chi connectivity index (χ0) is 10.8. The van der Waals surface area contributed by atoms with Crippen molar-refractivity contribution in [2.75, 3.05) is 6.26 Å². The van der Waals surface area contributed by atoms with Crippen LogP contribution in [-0.2, 0) is 0 Å². The number of hydrogen-bond donors (Lipinski definition) is 0. The van der Waals surface area contributed by atoms with Crippen LogP contribution in [0.5, 0.6) is 5.75 Å². The van der Waals surface area contributed by atoms with Gasteiger partial charge in [-0.2, -0.15) is 0 Å². The van der Waals surface area contributed by atoms with E-state index in [1.165, 1.54) is 17.7 Å². The van der Waals surface area contributed by atoms with Crippen LogP contribution in [0.1, 0.15) is 38.3 Å². The van der Waals surface area contributed by atoms with Crippen LogP contribution in [0.25, 0.3) is 0 Å². The minimum atomic E-state index is 0.447. The van der Waals surface area contributed by atoms with E-state index in [9.17, 15) is 0 Å². The van der Waals surface area contributed by atoms with Crippen LogP contribution in [0.2, 0.25) is 0 Å². The molecule has 1 fully saturated rings. The van der Waals surface area contributed by atoms with Gasteiger partial charge in [0, 0.05) is 5.69 Å². The Bertz CT molecular complexity index is 347. The van der Waals surface area contributed by atoms with Crippen molar-refractivity contribution in [2.24, 2.45) is 0 Å². The molecule has 0 unspecified atom stereocenters. The van der Waals surface area contributed by atoms with E-state index in [-0.39, 0.29) is 0 Å². The molecular formula is C12H17NOS. The normalized spacial score (nSPS) is 15.7. The summed E-state index contributed by atoms with van der Waals surface area (Å²) >= 11 is 1.73. The topological polar surface area (TPSA) is 22.1 Å². The number of hydrogen-bond acceptors (Lipinski definition) is 3. The average molecular weight is 223 g/mol. The van der Waals surface area contributed by atoms with Crippen molar-refractivity contribution >= 4 is 11.8 Å². The number of rotatable bonds is 4. The molecule has 2 nitrogen and oxygen atoms in total. The van der Waals surface area contributed by atoms with Crippen LogP contribution in [0.3, 0.4) is 0 Å². The van der Waals surface area contributed by atoms with Crippen molar-refractivity contribution in [1.29, 1.82) is 0 Å². The van der Waals surface area contributed by atoms with Gasteiger partial charge >= 0.3 is 0 Å². The summed E-state index contributed by atoms with van der Waals surface area (Å²) in [5.74, 6) is 1.43. The molecule has 82 valence electrons. The summed E-state index contributed by atoms with van der Waals surface area (Å²) in [5.41, 5.74) is 1.14. The van der Waals surface area contributed by atoms with Crippen molar-refractivity contribution in [2.45, 2.75) is 43.6 Å². The molecule has 0 spiro atoms. The monoisotopic (exact) mass is 223 g/mol. The van der Waals surface area contributed by atoms with E-state index in [0.29, 0.717) is 12.0 Å². The molecule has 1 heterocycles. The quantitative estimate of drug-likeness (QED) is 0.730. The maximum Gasteiger partial charge on any atom is 0.151 e. The van der Waals surface area contributed by atoms with Gasteiger partial charge in [-0.3, -0.25) is 4.98 Å². The lowest BCUT2D eigenvalue weighted by Gasteiger charge is -2.11. The van der Waals surface area contributed by atoms with Gasteiger partial charge in [0.15, 0.2) is 5.75 Å². The lowest BCUT2D eigenvalue weighted by atomic mass is 10.1. The third-order valence-corrected chi connectivity index (χ3v) is 3.24. The fourth-order valence-corrected chi connectivity index (χ4v) is 1.91. The highest BCUT2D eigenvalue weighted by molar-refractivity contribution is 7.98. The largest absolute Gasteiger partial charge is 0.488 e. The highest BCUT2D eigenvalue weighted by Crippen LogP contribution is 2.34. The van der Waals surface area contributed by atoms with Crippen molar-refractivity contribution < 1.29 is 4.74 Å². The standard InChI is InChI=1S/C12H17NOS/c1-8(2)10-6-12(15-3)11(7-13-10)14-9-4-5-9/h6-9H,4-5H2,1-3H3. The Balaban J connectivity index is 2.21. The molecule has 0 amide bonds. The smallest absolute Gasteiger partial charge is 0.151 e. The predicted octanol–water partition coefficient (Wildman–Crippen LogP) is 3.47. The number of pyridine rings is 1. The van der Waals surface area contributed by atoms with Crippen molar-refractivity contribution in [3.05, 3.63) is 18.0 Å². The van der Waals surface area contributed by atoms with Gasteiger partial charge in [-0.1, -0.05) is 13.8 Å². The number of aromatic nitrogens is 1. The molecule has 0 N–H and O–H groups in total. The Labute approximate surface area is 95.4 Å². The SMILES string of the molecule is CSc1cc(C(C)C)ncc1OC1CC1. The average Bonchev–Trinajstić information content (AvgIpc) is 3.02. The zero-order valence-electron chi connectivity index (χ0n) is 9.49. The minimum Gasteiger partial charge on any atom is -0.488 e. The van der Waals surface area contributed by atoms with Gasteiger partial charge < -0.3 is 4.74 Å². The van der Waals surface area contributed by atoms with E-state index in [1.807, 2.05) is 6.20 Å². The molecule has 1 aliphatic carbocycles. The molecular weight excluding hydrogens is 206 g/mol. The van der Waals surface area contributed by atoms with Crippen LogP contribution < -0.4 is 4.74 Å². The number of nitrogens with zero attached hydrogens (tertiary/aromatic N) is 1. The summed E-state index contributed by atoms with van der Waals surface area (Å²) in [5, 5.41) is 0. The van der Waals surface area contributed by atoms with E-state index in [1.54, 1.807) is 11.8 Å². The van der Waals surface area contributed by atoms with Gasteiger partial charge in [-0.05, 0) is 31.1 Å². The second kappa shape index (κ2) is 4.44. The summed E-state index contributed by atoms with van der Waals surface area (Å²) in [6.07, 6.45) is 6.79. The summed E-state index contributed by atoms with van der Waals surface area (Å²) in [6.45, 7) is 4.32. The second-order valence-electron chi connectivity index (χ2n) is 4.23. The Hall–Kier alpha value is -0.700. The molecule has 15 heavy (non-hydrogen) atoms. The third kappa shape index (κ3) is 2.65. The van der Waals surface area contributed by atoms with E-state index >= 15 is 0 Å². The molecule has 0 aliphatic heterocycles. The Morgan fingerprint density at radius 2 is 2.20 bits per heavy atom. The van der Waals surface area contributed by atoms with Crippen molar-refractivity contribution in [3.8, 4) is 5.75 Å². The molecule has 0 radical (unpaired) electrons. The molecule has 0 aromatic carbocycles. The first kappa shape index (κ1) is 10.8. The van der Waals surface area contributed by atoms with E-state index in [2.05, 4.69) is 31.2 Å². The van der Waals surface area contributed by atoms with E-state index < -0.39 is 0 Å². The molecule has 1 aromatic rings. The molecule has 1 aromatic heterocycles. The van der Waals surface area contributed by atoms with Crippen LogP contribution >= 0.6 is 11.8 Å². The van der Waals surface area contributed by atoms with E-state index in [4.69, 9.17) is 4.74 Å². The molecule has 2 rings (SSSR count). The summed E-state index contributed by atoms with van der Waals surface area (Å²) in [6, 6.07) is 2.15. The Kier molecular flexibility index (Phi) is 3.19. The first-order valence-corrected chi connectivity index (χ1v) is 6.63. The van der Waals surface area contributed by atoms with Crippen LogP contribution in [0, 0.1) is 0 Å². The van der Waals surface area contributed by atoms with Gasteiger partial charge in [-0.15, -0.1) is 11.8 Å². The third-order valence-electron chi connectivity index (χ3n) is 2.48. The first-order valence-electron chi connectivity index (χ1n) is 5.41. The zero-order valence-corrected chi connectivity index (χ0v) is 10.3. The molecule has 1 saturated carbocycles. The number of thioether (sulfide) groups is 1. The van der Waals surface area contributed by atoms with Gasteiger partial charge in [0.05, 0.1) is 17.2 Å². The van der Waals surface area contributed by atoms with Gasteiger partial charge in [0.2, 0.25) is 0 Å². The molecule has 0 saturated heterocycles. The van der Waals surface area contributed by atoms with Gasteiger partial charge in [-0.25, -0.2) is 0 Å². The highest BCUT2D eigenvalue weighted by atomic mass is 32.2. The molecule has 0 bridgehead atoms. The molecule has 0 atom stereocenters. The number of ether oxygens (including phenoxy) is 1. The fraction of sp³-hybridized carbons (Fsp3) is 0.583. The predicted molar refractivity (Wildman–Crippen MR) is 63.8 cm³/mol. The highest BCUT2D eigenvalue weighted by Gasteiger charge is 2.24. The maximum absolute atomic E-state index is 5.80. The summed E-state index contributed by atoms with van der Waals surface area (Å²) in [7, 11) is 0. The van der Waals surface area contributed by atoms with Crippen LogP contribution in [-0.4, -0.2) is 17.3 Å². The first-order chi connectivity index (χ1) is 7.20. The molecule has 1 aliphatic rings. The molecule has 3 heteroatoms. The van der Waals surface area contributed by atoms with Crippen molar-refractivity contribution in [3.63, 3.8) is 0 Å². The Morgan fingerprint density at radius 1 is 1.47 bits per heavy atom. The maximum atomic E-state index is 5.80. The van der Waals surface area contributed by atoms with Gasteiger partial charge in [0.25, 0.3) is 0 Å².